The molecular formula is C30H34N4O6. The van der Waals surface area contributed by atoms with Crippen LogP contribution in [-0.4, -0.2) is 67.8 Å². The van der Waals surface area contributed by atoms with Gasteiger partial charge >= 0.3 is 0 Å². The van der Waals surface area contributed by atoms with E-state index in [0.717, 1.165) is 16.7 Å². The molecule has 0 aliphatic carbocycles. The number of amides is 2. The zero-order valence-electron chi connectivity index (χ0n) is 22.7. The highest BCUT2D eigenvalue weighted by atomic mass is 16.5. The number of pyridine rings is 1. The molecule has 1 fully saturated rings. The predicted molar refractivity (Wildman–Crippen MR) is 148 cm³/mol. The Kier molecular flexibility index (Phi) is 8.65. The number of ether oxygens (including phenoxy) is 4. The number of carbonyl (C=O) groups excluding carboxylic acids is 2. The second-order valence-corrected chi connectivity index (χ2v) is 9.91. The molecule has 0 radical (unpaired) electrons. The summed E-state index contributed by atoms with van der Waals surface area (Å²) in [5, 5.41) is 6.08. The minimum atomic E-state index is -0.310. The van der Waals surface area contributed by atoms with Crippen LogP contribution >= 0.6 is 0 Å². The molecule has 2 N–H and O–H groups in total. The van der Waals surface area contributed by atoms with Crippen LogP contribution in [0.15, 0.2) is 60.9 Å². The minimum absolute atomic E-state index is 0.0738. The molecule has 2 amide bonds. The van der Waals surface area contributed by atoms with Crippen molar-refractivity contribution in [1.29, 1.82) is 0 Å². The van der Waals surface area contributed by atoms with Crippen molar-refractivity contribution < 1.29 is 28.5 Å². The van der Waals surface area contributed by atoms with E-state index in [0.29, 0.717) is 62.0 Å². The summed E-state index contributed by atoms with van der Waals surface area (Å²) in [5.74, 6) is 1.88. The zero-order valence-corrected chi connectivity index (χ0v) is 22.7. The SMILES string of the molecule is COc1cc2ccc1CNC(=O)CCc1ccc(c(OC)c1)OCC(=O)N[C@@H]1CN(Cc3cccnc3)C[C@H]1O2. The molecule has 1 aromatic heterocycles. The first-order valence-electron chi connectivity index (χ1n) is 13.3. The third kappa shape index (κ3) is 6.81. The summed E-state index contributed by atoms with van der Waals surface area (Å²) in [6.45, 7) is 2.05. The van der Waals surface area contributed by atoms with Gasteiger partial charge in [-0.2, -0.15) is 0 Å². The van der Waals surface area contributed by atoms with Crippen LogP contribution in [0.4, 0.5) is 0 Å². The average molecular weight is 547 g/mol. The Bertz CT molecular complexity index is 1340. The summed E-state index contributed by atoms with van der Waals surface area (Å²) >= 11 is 0. The van der Waals surface area contributed by atoms with Crippen molar-refractivity contribution in [3.63, 3.8) is 0 Å². The van der Waals surface area contributed by atoms with Crippen molar-refractivity contribution in [2.45, 2.75) is 38.1 Å². The highest BCUT2D eigenvalue weighted by molar-refractivity contribution is 5.78. The van der Waals surface area contributed by atoms with Crippen LogP contribution in [0, 0.1) is 0 Å². The average Bonchev–Trinajstić information content (AvgIpc) is 3.33. The second-order valence-electron chi connectivity index (χ2n) is 9.91. The lowest BCUT2D eigenvalue weighted by Crippen LogP contribution is -2.46. The molecule has 2 atom stereocenters. The van der Waals surface area contributed by atoms with Crippen LogP contribution < -0.4 is 29.6 Å². The Labute approximate surface area is 233 Å². The van der Waals surface area contributed by atoms with Gasteiger partial charge in [0.2, 0.25) is 5.91 Å². The molecule has 8 rings (SSSR count). The normalized spacial score (nSPS) is 20.1. The molecule has 4 bridgehead atoms. The summed E-state index contributed by atoms with van der Waals surface area (Å²) in [5.41, 5.74) is 2.85. The van der Waals surface area contributed by atoms with Crippen molar-refractivity contribution in [1.82, 2.24) is 20.5 Å². The van der Waals surface area contributed by atoms with Crippen molar-refractivity contribution in [3.05, 3.63) is 77.6 Å². The van der Waals surface area contributed by atoms with E-state index < -0.39 is 0 Å². The number of aromatic nitrogens is 1. The smallest absolute Gasteiger partial charge is 0.258 e. The zero-order chi connectivity index (χ0) is 27.9. The lowest BCUT2D eigenvalue weighted by molar-refractivity contribution is -0.124. The van der Waals surface area contributed by atoms with E-state index in [9.17, 15) is 9.59 Å². The van der Waals surface area contributed by atoms with Gasteiger partial charge in [-0.15, -0.1) is 0 Å². The first-order valence-corrected chi connectivity index (χ1v) is 13.3. The fourth-order valence-corrected chi connectivity index (χ4v) is 5.03. The molecule has 10 heteroatoms. The molecule has 210 valence electrons. The molecule has 0 unspecified atom stereocenters. The number of likely N-dealkylation sites (tertiary alicyclic amines) is 1. The van der Waals surface area contributed by atoms with E-state index >= 15 is 0 Å². The molecule has 6 heterocycles. The number of nitrogens with one attached hydrogen (secondary N) is 2. The van der Waals surface area contributed by atoms with Gasteiger partial charge in [0, 0.05) is 56.6 Å². The van der Waals surface area contributed by atoms with Crippen LogP contribution in [0.25, 0.3) is 0 Å². The summed E-state index contributed by atoms with van der Waals surface area (Å²) in [6, 6.07) is 14.7. The number of aryl methyl sites for hydroxylation is 1. The monoisotopic (exact) mass is 546 g/mol. The van der Waals surface area contributed by atoms with Gasteiger partial charge in [0.15, 0.2) is 18.1 Å². The maximum absolute atomic E-state index is 13.0. The van der Waals surface area contributed by atoms with Gasteiger partial charge in [-0.25, -0.2) is 0 Å². The maximum Gasteiger partial charge on any atom is 0.258 e. The minimum Gasteiger partial charge on any atom is -0.496 e. The highest BCUT2D eigenvalue weighted by Gasteiger charge is 2.36. The molecule has 40 heavy (non-hydrogen) atoms. The van der Waals surface area contributed by atoms with E-state index in [4.69, 9.17) is 18.9 Å². The first kappa shape index (κ1) is 27.3. The van der Waals surface area contributed by atoms with Gasteiger partial charge in [-0.1, -0.05) is 12.1 Å². The molecule has 1 saturated heterocycles. The fourth-order valence-electron chi connectivity index (χ4n) is 5.03. The molecule has 0 saturated carbocycles. The summed E-state index contributed by atoms with van der Waals surface area (Å²) in [4.78, 5) is 32.0. The molecule has 10 nitrogen and oxygen atoms in total. The predicted octanol–water partition coefficient (Wildman–Crippen LogP) is 2.49. The third-order valence-corrected chi connectivity index (χ3v) is 7.07. The molecule has 3 aromatic rings. The molecular weight excluding hydrogens is 512 g/mol. The van der Waals surface area contributed by atoms with E-state index in [1.54, 1.807) is 26.5 Å². The standard InChI is InChI=1S/C30H34N4O6/c1-37-26-13-23-8-7-22(26)15-32-29(35)10-6-20-5-9-25(27(12-20)38-2)39-19-30(36)33-24-17-34(18-28(24)40-23)16-21-4-3-11-31-14-21/h3-5,7-9,11-14,24,28H,6,10,15-19H2,1-2H3,(H,32,35)(H,33,36)/t24-,28-/m1/s1. The van der Waals surface area contributed by atoms with Crippen molar-refractivity contribution >= 4 is 11.8 Å². The Hall–Kier alpha value is -4.31. The van der Waals surface area contributed by atoms with Crippen molar-refractivity contribution in [3.8, 4) is 23.0 Å². The Morgan fingerprint density at radius 2 is 1.88 bits per heavy atom. The van der Waals surface area contributed by atoms with Crippen molar-refractivity contribution in [2.75, 3.05) is 33.9 Å². The number of methoxy groups -OCH3 is 2. The number of rotatable bonds is 4. The van der Waals surface area contributed by atoms with Gasteiger partial charge in [0.1, 0.15) is 17.6 Å². The van der Waals surface area contributed by atoms with Gasteiger partial charge in [0.25, 0.3) is 5.91 Å². The number of hydrogen-bond acceptors (Lipinski definition) is 8. The maximum atomic E-state index is 13.0. The largest absolute Gasteiger partial charge is 0.496 e. The quantitative estimate of drug-likeness (QED) is 0.514. The third-order valence-electron chi connectivity index (χ3n) is 7.07. The van der Waals surface area contributed by atoms with E-state index in [1.807, 2.05) is 48.7 Å². The molecule has 0 spiro atoms. The van der Waals surface area contributed by atoms with E-state index in [1.165, 1.54) is 0 Å². The summed E-state index contributed by atoms with van der Waals surface area (Å²) in [6.07, 6.45) is 4.13. The number of carbonyl (C=O) groups is 2. The number of benzene rings is 2. The second kappa shape index (κ2) is 12.7. The van der Waals surface area contributed by atoms with Gasteiger partial charge in [0.05, 0.1) is 20.3 Å². The first-order chi connectivity index (χ1) is 19.5. The lowest BCUT2D eigenvalue weighted by atomic mass is 10.1. The van der Waals surface area contributed by atoms with E-state index in [-0.39, 0.29) is 30.6 Å². The van der Waals surface area contributed by atoms with E-state index in [2.05, 4.69) is 20.5 Å². The van der Waals surface area contributed by atoms with Crippen LogP contribution in [-0.2, 0) is 29.1 Å². The molecule has 5 aliphatic heterocycles. The fraction of sp³-hybridized carbons (Fsp3) is 0.367. The Morgan fingerprint density at radius 3 is 2.67 bits per heavy atom. The lowest BCUT2D eigenvalue weighted by Gasteiger charge is -2.22. The van der Waals surface area contributed by atoms with Gasteiger partial charge in [-0.05, 0) is 47.9 Å². The highest BCUT2D eigenvalue weighted by Crippen LogP contribution is 2.30. The van der Waals surface area contributed by atoms with Crippen LogP contribution in [0.3, 0.4) is 0 Å². The van der Waals surface area contributed by atoms with Crippen LogP contribution in [0.5, 0.6) is 23.0 Å². The number of nitrogens with zero attached hydrogens (tertiary/aromatic N) is 2. The number of hydrogen-bond donors (Lipinski definition) is 2. The summed E-state index contributed by atoms with van der Waals surface area (Å²) in [7, 11) is 3.14. The van der Waals surface area contributed by atoms with Crippen molar-refractivity contribution in [2.24, 2.45) is 0 Å². The molecule has 2 aromatic carbocycles. The molecule has 5 aliphatic rings. The van der Waals surface area contributed by atoms with Crippen LogP contribution in [0.2, 0.25) is 0 Å². The van der Waals surface area contributed by atoms with Gasteiger partial charge in [-0.3, -0.25) is 19.5 Å². The topological polar surface area (TPSA) is 111 Å². The Balaban J connectivity index is 1.40. The van der Waals surface area contributed by atoms with Crippen LogP contribution in [0.1, 0.15) is 23.1 Å². The van der Waals surface area contributed by atoms with Gasteiger partial charge < -0.3 is 29.6 Å². The Morgan fingerprint density at radius 1 is 1.00 bits per heavy atom. The summed E-state index contributed by atoms with van der Waals surface area (Å²) < 4.78 is 23.3.